The molecule has 0 radical (unpaired) electrons. The lowest BCUT2D eigenvalue weighted by Gasteiger charge is -2.33. The molecule has 1 aliphatic heterocycles. The molecular weight excluding hydrogens is 298 g/mol. The average Bonchev–Trinajstić information content (AvgIpc) is 2.37. The molecule has 5 nitrogen and oxygen atoms in total. The highest BCUT2D eigenvalue weighted by Gasteiger charge is 2.25. The number of pyridine rings is 1. The number of ether oxygens (including phenoxy) is 1. The van der Waals surface area contributed by atoms with Gasteiger partial charge in [0, 0.05) is 30.2 Å². The highest BCUT2D eigenvalue weighted by atomic mass is 79.9. The molecule has 0 bridgehead atoms. The monoisotopic (exact) mass is 313 g/mol. The molecule has 1 amide bonds. The summed E-state index contributed by atoms with van der Waals surface area (Å²) in [6, 6.07) is 3.73. The summed E-state index contributed by atoms with van der Waals surface area (Å²) in [6.07, 6.45) is 2.01. The van der Waals surface area contributed by atoms with Crippen molar-refractivity contribution in [3.63, 3.8) is 0 Å². The first-order valence-electron chi connectivity index (χ1n) is 5.88. The van der Waals surface area contributed by atoms with E-state index in [4.69, 9.17) is 10.5 Å². The van der Waals surface area contributed by atoms with Crippen molar-refractivity contribution in [2.75, 3.05) is 26.3 Å². The third kappa shape index (κ3) is 3.51. The zero-order valence-corrected chi connectivity index (χ0v) is 11.6. The number of aromatic nitrogens is 1. The van der Waals surface area contributed by atoms with Gasteiger partial charge in [-0.15, -0.1) is 0 Å². The van der Waals surface area contributed by atoms with Crippen molar-refractivity contribution in [2.45, 2.75) is 12.5 Å². The molecule has 1 unspecified atom stereocenters. The molecule has 1 atom stereocenters. The molecule has 1 aromatic heterocycles. The van der Waals surface area contributed by atoms with Crippen LogP contribution in [0.5, 0.6) is 0 Å². The lowest BCUT2D eigenvalue weighted by molar-refractivity contribution is -0.119. The summed E-state index contributed by atoms with van der Waals surface area (Å²) in [4.78, 5) is 17.8. The number of hydrogen-bond donors (Lipinski definition) is 1. The van der Waals surface area contributed by atoms with Crippen molar-refractivity contribution in [1.82, 2.24) is 9.88 Å². The third-order valence-corrected chi connectivity index (χ3v) is 3.46. The molecule has 1 fully saturated rings. The zero-order valence-electron chi connectivity index (χ0n) is 10.0. The molecule has 1 saturated heterocycles. The van der Waals surface area contributed by atoms with Gasteiger partial charge in [-0.25, -0.2) is 0 Å². The van der Waals surface area contributed by atoms with Gasteiger partial charge in [0.05, 0.1) is 24.9 Å². The molecule has 1 aliphatic rings. The minimum Gasteiger partial charge on any atom is -0.379 e. The Kier molecular flexibility index (Phi) is 4.68. The van der Waals surface area contributed by atoms with Crippen LogP contribution in [0.3, 0.4) is 0 Å². The molecule has 0 saturated carbocycles. The van der Waals surface area contributed by atoms with Gasteiger partial charge < -0.3 is 10.5 Å². The van der Waals surface area contributed by atoms with E-state index in [2.05, 4.69) is 25.8 Å². The average molecular weight is 314 g/mol. The fourth-order valence-corrected chi connectivity index (χ4v) is 2.46. The molecular formula is C12H16BrN3O2. The smallest absolute Gasteiger partial charge is 0.219 e. The SMILES string of the molecule is NC(=O)CC(c1cc(Br)ccn1)N1CCOCC1. The van der Waals surface area contributed by atoms with Gasteiger partial charge in [0.15, 0.2) is 0 Å². The van der Waals surface area contributed by atoms with Gasteiger partial charge in [0.1, 0.15) is 0 Å². The van der Waals surface area contributed by atoms with Gasteiger partial charge in [-0.3, -0.25) is 14.7 Å². The van der Waals surface area contributed by atoms with Crippen molar-refractivity contribution < 1.29 is 9.53 Å². The minimum absolute atomic E-state index is 0.0658. The van der Waals surface area contributed by atoms with Crippen LogP contribution in [0.25, 0.3) is 0 Å². The van der Waals surface area contributed by atoms with E-state index in [1.807, 2.05) is 12.1 Å². The van der Waals surface area contributed by atoms with Gasteiger partial charge >= 0.3 is 0 Å². The Labute approximate surface area is 114 Å². The highest BCUT2D eigenvalue weighted by Crippen LogP contribution is 2.25. The maximum atomic E-state index is 11.2. The van der Waals surface area contributed by atoms with E-state index in [1.165, 1.54) is 0 Å². The van der Waals surface area contributed by atoms with Crippen molar-refractivity contribution in [1.29, 1.82) is 0 Å². The summed E-state index contributed by atoms with van der Waals surface area (Å²) < 4.78 is 6.28. The fraction of sp³-hybridized carbons (Fsp3) is 0.500. The molecule has 2 rings (SSSR count). The van der Waals surface area contributed by atoms with Crippen LogP contribution in [0.2, 0.25) is 0 Å². The minimum atomic E-state index is -0.312. The highest BCUT2D eigenvalue weighted by molar-refractivity contribution is 9.10. The molecule has 6 heteroatoms. The van der Waals surface area contributed by atoms with Crippen molar-refractivity contribution in [3.8, 4) is 0 Å². The lowest BCUT2D eigenvalue weighted by atomic mass is 10.1. The maximum Gasteiger partial charge on any atom is 0.219 e. The van der Waals surface area contributed by atoms with Crippen LogP contribution in [0.1, 0.15) is 18.2 Å². The van der Waals surface area contributed by atoms with Gasteiger partial charge in [0.25, 0.3) is 0 Å². The van der Waals surface area contributed by atoms with Crippen LogP contribution in [0.4, 0.5) is 0 Å². The standard InChI is InChI=1S/C12H16BrN3O2/c13-9-1-2-15-10(7-9)11(8-12(14)17)16-3-5-18-6-4-16/h1-2,7,11H,3-6,8H2,(H2,14,17). The molecule has 0 spiro atoms. The normalized spacial score (nSPS) is 18.5. The van der Waals surface area contributed by atoms with E-state index in [1.54, 1.807) is 6.20 Å². The molecule has 0 aromatic carbocycles. The number of nitrogens with two attached hydrogens (primary N) is 1. The number of hydrogen-bond acceptors (Lipinski definition) is 4. The summed E-state index contributed by atoms with van der Waals surface area (Å²) in [5, 5.41) is 0. The lowest BCUT2D eigenvalue weighted by Crippen LogP contribution is -2.40. The Morgan fingerprint density at radius 2 is 2.28 bits per heavy atom. The van der Waals surface area contributed by atoms with Crippen LogP contribution in [0.15, 0.2) is 22.8 Å². The molecule has 98 valence electrons. The number of nitrogens with zero attached hydrogens (tertiary/aromatic N) is 2. The third-order valence-electron chi connectivity index (χ3n) is 2.97. The molecule has 2 heterocycles. The Morgan fingerprint density at radius 3 is 2.89 bits per heavy atom. The molecule has 2 N–H and O–H groups in total. The summed E-state index contributed by atoms with van der Waals surface area (Å²) in [5.41, 5.74) is 6.20. The van der Waals surface area contributed by atoms with E-state index in [9.17, 15) is 4.79 Å². The van der Waals surface area contributed by atoms with E-state index in [0.717, 1.165) is 23.3 Å². The number of carbonyl (C=O) groups excluding carboxylic acids is 1. The number of amides is 1. The summed E-state index contributed by atoms with van der Waals surface area (Å²) in [7, 11) is 0. The Hall–Kier alpha value is -0.980. The molecule has 18 heavy (non-hydrogen) atoms. The van der Waals surface area contributed by atoms with Crippen LogP contribution >= 0.6 is 15.9 Å². The van der Waals surface area contributed by atoms with Gasteiger partial charge in [0.2, 0.25) is 5.91 Å². The Bertz CT molecular complexity index is 422. The van der Waals surface area contributed by atoms with E-state index >= 15 is 0 Å². The molecule has 0 aliphatic carbocycles. The van der Waals surface area contributed by atoms with E-state index in [-0.39, 0.29) is 18.4 Å². The zero-order chi connectivity index (χ0) is 13.0. The number of carbonyl (C=O) groups is 1. The van der Waals surface area contributed by atoms with Crippen molar-refractivity contribution in [3.05, 3.63) is 28.5 Å². The van der Waals surface area contributed by atoms with Gasteiger partial charge in [-0.05, 0) is 12.1 Å². The number of halogens is 1. The first kappa shape index (κ1) is 13.5. The predicted octanol–water partition coefficient (Wildman–Crippen LogP) is 1.09. The number of rotatable bonds is 4. The van der Waals surface area contributed by atoms with Gasteiger partial charge in [-0.1, -0.05) is 15.9 Å². The van der Waals surface area contributed by atoms with Crippen LogP contribution in [0, 0.1) is 0 Å². The summed E-state index contributed by atoms with van der Waals surface area (Å²) in [5.74, 6) is -0.312. The molecule has 1 aromatic rings. The van der Waals surface area contributed by atoms with Crippen LogP contribution in [-0.2, 0) is 9.53 Å². The fourth-order valence-electron chi connectivity index (χ4n) is 2.10. The largest absolute Gasteiger partial charge is 0.379 e. The second-order valence-corrected chi connectivity index (χ2v) is 5.15. The first-order chi connectivity index (χ1) is 8.66. The Morgan fingerprint density at radius 1 is 1.56 bits per heavy atom. The number of primary amides is 1. The van der Waals surface area contributed by atoms with E-state index in [0.29, 0.717) is 13.2 Å². The van der Waals surface area contributed by atoms with E-state index < -0.39 is 0 Å². The quantitative estimate of drug-likeness (QED) is 0.903. The van der Waals surface area contributed by atoms with Crippen molar-refractivity contribution >= 4 is 21.8 Å². The van der Waals surface area contributed by atoms with Gasteiger partial charge in [-0.2, -0.15) is 0 Å². The second kappa shape index (κ2) is 6.26. The maximum absolute atomic E-state index is 11.2. The Balaban J connectivity index is 2.20. The predicted molar refractivity (Wildman–Crippen MR) is 70.9 cm³/mol. The number of morpholine rings is 1. The topological polar surface area (TPSA) is 68.5 Å². The van der Waals surface area contributed by atoms with Crippen LogP contribution in [-0.4, -0.2) is 42.1 Å². The first-order valence-corrected chi connectivity index (χ1v) is 6.67. The summed E-state index contributed by atoms with van der Waals surface area (Å²) in [6.45, 7) is 2.96. The summed E-state index contributed by atoms with van der Waals surface area (Å²) >= 11 is 3.42. The second-order valence-electron chi connectivity index (χ2n) is 4.23. The van der Waals surface area contributed by atoms with Crippen molar-refractivity contribution in [2.24, 2.45) is 5.73 Å². The van der Waals surface area contributed by atoms with Crippen LogP contribution < -0.4 is 5.73 Å².